The predicted octanol–water partition coefficient (Wildman–Crippen LogP) is 5.68. The second-order valence-electron chi connectivity index (χ2n) is 12.4. The molecule has 2 fully saturated rings. The Morgan fingerprint density at radius 2 is 1.89 bits per heavy atom. The summed E-state index contributed by atoms with van der Waals surface area (Å²) in [5.41, 5.74) is -0.136. The summed E-state index contributed by atoms with van der Waals surface area (Å²) < 4.78 is 47.9. The molecule has 2 amide bonds. The molecule has 44 heavy (non-hydrogen) atoms. The van der Waals surface area contributed by atoms with Gasteiger partial charge in [0.25, 0.3) is 5.91 Å². The van der Waals surface area contributed by atoms with E-state index in [4.69, 9.17) is 4.74 Å². The lowest BCUT2D eigenvalue weighted by atomic mass is 9.89. The third-order valence-electron chi connectivity index (χ3n) is 8.54. The van der Waals surface area contributed by atoms with Crippen molar-refractivity contribution in [2.24, 2.45) is 11.8 Å². The van der Waals surface area contributed by atoms with Crippen molar-refractivity contribution in [1.29, 1.82) is 0 Å². The van der Waals surface area contributed by atoms with Crippen LogP contribution in [0.25, 0.3) is 0 Å². The first-order valence-corrected chi connectivity index (χ1v) is 15.6. The van der Waals surface area contributed by atoms with Gasteiger partial charge in [0, 0.05) is 43.0 Å². The van der Waals surface area contributed by atoms with Crippen LogP contribution in [0.1, 0.15) is 80.9 Å². The molecular formula is C32H45F3N6O3. The van der Waals surface area contributed by atoms with Gasteiger partial charge in [-0.2, -0.15) is 13.2 Å². The molecule has 12 heteroatoms. The summed E-state index contributed by atoms with van der Waals surface area (Å²) in [7, 11) is 3.88. The molecule has 1 saturated heterocycles. The van der Waals surface area contributed by atoms with Crippen molar-refractivity contribution >= 4 is 23.5 Å². The lowest BCUT2D eigenvalue weighted by molar-refractivity contribution is -0.138. The number of aromatic nitrogens is 2. The molecule has 2 atom stereocenters. The monoisotopic (exact) mass is 618 g/mol. The number of hydrogen-bond donors (Lipinski definition) is 2. The molecule has 0 spiro atoms. The van der Waals surface area contributed by atoms with Gasteiger partial charge in [0.2, 0.25) is 11.9 Å². The summed E-state index contributed by atoms with van der Waals surface area (Å²) in [4.78, 5) is 38.6. The van der Waals surface area contributed by atoms with Crippen molar-refractivity contribution in [2.45, 2.75) is 84.0 Å². The smallest absolute Gasteiger partial charge is 0.419 e. The molecule has 2 N–H and O–H groups in total. The SMILES string of the molecule is CCCOc1cc(Nc2ncc(C(F)(F)F)c(C[C@@H]3CCC[C@@H]3C(=O)NC(C)C)n2)ccc1C(=O)N(C)C1CCN(C)CC1. The number of ether oxygens (including phenoxy) is 1. The van der Waals surface area contributed by atoms with E-state index in [9.17, 15) is 22.8 Å². The number of amides is 2. The molecule has 1 saturated carbocycles. The fourth-order valence-corrected chi connectivity index (χ4v) is 6.11. The second kappa shape index (κ2) is 14.6. The Kier molecular flexibility index (Phi) is 11.1. The van der Waals surface area contributed by atoms with Crippen molar-refractivity contribution < 1.29 is 27.5 Å². The van der Waals surface area contributed by atoms with Crippen LogP contribution in [0, 0.1) is 11.8 Å². The number of hydrogen-bond acceptors (Lipinski definition) is 7. The number of nitrogens with one attached hydrogen (secondary N) is 2. The predicted molar refractivity (Wildman–Crippen MR) is 163 cm³/mol. The van der Waals surface area contributed by atoms with Gasteiger partial charge in [-0.3, -0.25) is 9.59 Å². The van der Waals surface area contributed by atoms with Gasteiger partial charge in [0.1, 0.15) is 5.75 Å². The summed E-state index contributed by atoms with van der Waals surface area (Å²) >= 11 is 0. The summed E-state index contributed by atoms with van der Waals surface area (Å²) in [5, 5.41) is 5.91. The second-order valence-corrected chi connectivity index (χ2v) is 12.4. The Morgan fingerprint density at radius 1 is 1.16 bits per heavy atom. The number of likely N-dealkylation sites (tertiary alicyclic amines) is 1. The summed E-state index contributed by atoms with van der Waals surface area (Å²) in [6.07, 6.45) is 0.762. The van der Waals surface area contributed by atoms with Gasteiger partial charge in [0.05, 0.1) is 23.4 Å². The zero-order valence-corrected chi connectivity index (χ0v) is 26.3. The van der Waals surface area contributed by atoms with Gasteiger partial charge in [0.15, 0.2) is 0 Å². The van der Waals surface area contributed by atoms with Crippen molar-refractivity contribution in [2.75, 3.05) is 39.1 Å². The topological polar surface area (TPSA) is 99.7 Å². The normalized spacial score (nSPS) is 19.7. The van der Waals surface area contributed by atoms with Crippen LogP contribution in [0.4, 0.5) is 24.8 Å². The molecule has 242 valence electrons. The van der Waals surface area contributed by atoms with Gasteiger partial charge < -0.3 is 25.2 Å². The largest absolute Gasteiger partial charge is 0.493 e. The molecule has 2 heterocycles. The van der Waals surface area contributed by atoms with Crippen molar-refractivity contribution in [3.63, 3.8) is 0 Å². The van der Waals surface area contributed by atoms with Crippen LogP contribution >= 0.6 is 0 Å². The fraction of sp³-hybridized carbons (Fsp3) is 0.625. The first-order valence-electron chi connectivity index (χ1n) is 15.6. The standard InChI is InChI=1S/C32H45F3N6O3/c1-6-16-44-28-18-22(10-11-25(28)30(43)41(5)23-12-14-40(4)15-13-23)38-31-36-19-26(32(33,34)35)27(39-31)17-21-8-7-9-24(21)29(42)37-20(2)3/h10-11,18-21,23-24H,6-9,12-17H2,1-5H3,(H,37,42)(H,36,38,39)/t21-,24-/m0/s1. The zero-order chi connectivity index (χ0) is 32.0. The summed E-state index contributed by atoms with van der Waals surface area (Å²) in [6, 6.07) is 5.09. The van der Waals surface area contributed by atoms with Gasteiger partial charge in [-0.25, -0.2) is 9.97 Å². The van der Waals surface area contributed by atoms with E-state index in [0.29, 0.717) is 36.4 Å². The number of carbonyl (C=O) groups excluding carboxylic acids is 2. The van der Waals surface area contributed by atoms with Crippen LogP contribution in [-0.4, -0.2) is 77.5 Å². The number of alkyl halides is 3. The average Bonchev–Trinajstić information content (AvgIpc) is 3.43. The van der Waals surface area contributed by atoms with E-state index in [1.165, 1.54) is 0 Å². The first-order chi connectivity index (χ1) is 20.9. The lowest BCUT2D eigenvalue weighted by Crippen LogP contribution is -2.44. The Morgan fingerprint density at radius 3 is 2.55 bits per heavy atom. The molecule has 0 radical (unpaired) electrons. The van der Waals surface area contributed by atoms with E-state index >= 15 is 0 Å². The maximum absolute atomic E-state index is 14.0. The number of benzene rings is 1. The minimum absolute atomic E-state index is 0.00172. The van der Waals surface area contributed by atoms with Gasteiger partial charge in [-0.15, -0.1) is 0 Å². The van der Waals surface area contributed by atoms with Crippen molar-refractivity contribution in [3.05, 3.63) is 41.2 Å². The molecule has 0 unspecified atom stereocenters. The number of halogens is 3. The molecule has 1 aromatic carbocycles. The van der Waals surface area contributed by atoms with Crippen LogP contribution in [0.2, 0.25) is 0 Å². The molecule has 2 aromatic rings. The third-order valence-corrected chi connectivity index (χ3v) is 8.54. The third kappa shape index (κ3) is 8.40. The van der Waals surface area contributed by atoms with Crippen molar-refractivity contribution in [1.82, 2.24) is 25.1 Å². The van der Waals surface area contributed by atoms with Gasteiger partial charge in [-0.1, -0.05) is 13.3 Å². The van der Waals surface area contributed by atoms with Crippen LogP contribution in [0.15, 0.2) is 24.4 Å². The number of carbonyl (C=O) groups is 2. The number of anilines is 2. The molecule has 1 aromatic heterocycles. The van der Waals surface area contributed by atoms with E-state index in [1.54, 1.807) is 23.1 Å². The van der Waals surface area contributed by atoms with Gasteiger partial charge in [-0.05, 0) is 90.6 Å². The van der Waals surface area contributed by atoms with E-state index < -0.39 is 11.7 Å². The van der Waals surface area contributed by atoms with Gasteiger partial charge >= 0.3 is 6.18 Å². The van der Waals surface area contributed by atoms with E-state index in [0.717, 1.165) is 45.0 Å². The lowest BCUT2D eigenvalue weighted by Gasteiger charge is -2.35. The minimum atomic E-state index is -4.63. The highest BCUT2D eigenvalue weighted by Crippen LogP contribution is 2.38. The first kappa shape index (κ1) is 33.5. The Balaban J connectivity index is 1.57. The summed E-state index contributed by atoms with van der Waals surface area (Å²) in [6.45, 7) is 7.93. The molecular weight excluding hydrogens is 573 g/mol. The maximum Gasteiger partial charge on any atom is 0.419 e. The summed E-state index contributed by atoms with van der Waals surface area (Å²) in [5.74, 6) is -0.492. The number of piperidine rings is 1. The van der Waals surface area contributed by atoms with Crippen LogP contribution < -0.4 is 15.4 Å². The molecule has 2 aliphatic rings. The van der Waals surface area contributed by atoms with Crippen LogP contribution in [-0.2, 0) is 17.4 Å². The molecule has 0 bridgehead atoms. The minimum Gasteiger partial charge on any atom is -0.493 e. The highest BCUT2D eigenvalue weighted by molar-refractivity contribution is 5.97. The Hall–Kier alpha value is -3.41. The molecule has 4 rings (SSSR count). The van der Waals surface area contributed by atoms with Crippen LogP contribution in [0.5, 0.6) is 5.75 Å². The average molecular weight is 619 g/mol. The van der Waals surface area contributed by atoms with E-state index in [2.05, 4.69) is 32.5 Å². The molecule has 1 aliphatic heterocycles. The van der Waals surface area contributed by atoms with Crippen LogP contribution in [0.3, 0.4) is 0 Å². The van der Waals surface area contributed by atoms with E-state index in [-0.39, 0.29) is 53.8 Å². The Labute approximate surface area is 257 Å². The molecule has 9 nitrogen and oxygen atoms in total. The van der Waals surface area contributed by atoms with E-state index in [1.807, 2.05) is 27.8 Å². The highest BCUT2D eigenvalue weighted by Gasteiger charge is 2.39. The maximum atomic E-state index is 14.0. The molecule has 1 aliphatic carbocycles. The number of nitrogens with zero attached hydrogens (tertiary/aromatic N) is 4. The fourth-order valence-electron chi connectivity index (χ4n) is 6.11. The quantitative estimate of drug-likeness (QED) is 0.335. The zero-order valence-electron chi connectivity index (χ0n) is 26.3. The van der Waals surface area contributed by atoms with Crippen molar-refractivity contribution in [3.8, 4) is 5.75 Å². The number of rotatable bonds is 11. The highest BCUT2D eigenvalue weighted by atomic mass is 19.4. The Bertz CT molecular complexity index is 1300.